The number of halogens is 2. The summed E-state index contributed by atoms with van der Waals surface area (Å²) in [5, 5.41) is 19.0. The number of aryl methyl sites for hydroxylation is 1. The predicted octanol–water partition coefficient (Wildman–Crippen LogP) is 5.83. The number of hydrogen-bond acceptors (Lipinski definition) is 4. The number of carbonyl (C=O) groups excluding carboxylic acids is 2. The van der Waals surface area contributed by atoms with E-state index in [1.54, 1.807) is 24.1 Å². The van der Waals surface area contributed by atoms with Crippen LogP contribution >= 0.6 is 11.6 Å². The van der Waals surface area contributed by atoms with Gasteiger partial charge in [0.25, 0.3) is 5.91 Å². The van der Waals surface area contributed by atoms with E-state index in [4.69, 9.17) is 11.6 Å². The third-order valence-corrected chi connectivity index (χ3v) is 8.24. The lowest BCUT2D eigenvalue weighted by Gasteiger charge is -2.44. The fourth-order valence-electron chi connectivity index (χ4n) is 5.93. The molecule has 0 aliphatic carbocycles. The van der Waals surface area contributed by atoms with E-state index < -0.39 is 11.4 Å². The second-order valence-corrected chi connectivity index (χ2v) is 11.4. The van der Waals surface area contributed by atoms with E-state index in [-0.39, 0.29) is 29.8 Å². The van der Waals surface area contributed by atoms with Gasteiger partial charge in [0.1, 0.15) is 5.82 Å². The molecule has 3 aromatic rings. The molecule has 2 amide bonds. The zero-order valence-electron chi connectivity index (χ0n) is 24.0. The Kier molecular flexibility index (Phi) is 10.2. The summed E-state index contributed by atoms with van der Waals surface area (Å²) < 4.78 is 15.0. The van der Waals surface area contributed by atoms with Crippen LogP contribution < -0.4 is 10.6 Å². The number of carbonyl (C=O) groups is 2. The lowest BCUT2D eigenvalue weighted by molar-refractivity contribution is -0.119. The Bertz CT molecular complexity index is 1400. The van der Waals surface area contributed by atoms with E-state index in [9.17, 15) is 19.1 Å². The van der Waals surface area contributed by atoms with Gasteiger partial charge in [-0.05, 0) is 74.5 Å². The average molecular weight is 580 g/mol. The third kappa shape index (κ3) is 7.15. The summed E-state index contributed by atoms with van der Waals surface area (Å²) >= 11 is 6.80. The van der Waals surface area contributed by atoms with Crippen molar-refractivity contribution in [3.8, 4) is 11.1 Å². The largest absolute Gasteiger partial charge is 0.385 e. The third-order valence-electron chi connectivity index (χ3n) is 7.92. The van der Waals surface area contributed by atoms with Crippen LogP contribution in [0.4, 0.5) is 4.39 Å². The van der Waals surface area contributed by atoms with Crippen molar-refractivity contribution >= 4 is 23.4 Å². The number of likely N-dealkylation sites (tertiary alicyclic amines) is 1. The normalized spacial score (nSPS) is 16.7. The Labute approximate surface area is 246 Å². The Hall–Kier alpha value is -3.26. The first-order chi connectivity index (χ1) is 19.6. The molecule has 0 saturated carbocycles. The van der Waals surface area contributed by atoms with Crippen molar-refractivity contribution in [3.05, 3.63) is 93.8 Å². The molecule has 0 spiro atoms. The number of nitrogens with one attached hydrogen (secondary N) is 2. The summed E-state index contributed by atoms with van der Waals surface area (Å²) in [5.74, 6) is -1.39. The predicted molar refractivity (Wildman–Crippen MR) is 161 cm³/mol. The molecule has 0 unspecified atom stereocenters. The highest BCUT2D eigenvalue weighted by Gasteiger charge is 2.43. The summed E-state index contributed by atoms with van der Waals surface area (Å²) in [6, 6.07) is 18.2. The number of piperidine rings is 1. The SMILES string of the molecule is CNCc1ccc(C(=O)N2CCC[C@@H]([C@@](O)(CCCNC(C)=O)c3cccc(Cl)c3-c3cccc(C)c3)C2)c(F)c1. The van der Waals surface area contributed by atoms with E-state index >= 15 is 0 Å². The number of hydrogen-bond donors (Lipinski definition) is 3. The summed E-state index contributed by atoms with van der Waals surface area (Å²) in [5.41, 5.74) is 2.86. The molecule has 41 heavy (non-hydrogen) atoms. The van der Waals surface area contributed by atoms with Gasteiger partial charge in [0.2, 0.25) is 5.91 Å². The summed E-state index contributed by atoms with van der Waals surface area (Å²) in [7, 11) is 1.78. The van der Waals surface area contributed by atoms with Crippen LogP contribution in [0.15, 0.2) is 60.7 Å². The van der Waals surface area contributed by atoms with E-state index in [1.165, 1.54) is 13.0 Å². The topological polar surface area (TPSA) is 81.7 Å². The van der Waals surface area contributed by atoms with Crippen LogP contribution in [0.3, 0.4) is 0 Å². The average Bonchev–Trinajstić information content (AvgIpc) is 2.95. The number of nitrogens with zero attached hydrogens (tertiary/aromatic N) is 1. The zero-order chi connectivity index (χ0) is 29.6. The van der Waals surface area contributed by atoms with Gasteiger partial charge in [-0.1, -0.05) is 59.6 Å². The molecule has 1 saturated heterocycles. The molecule has 6 nitrogen and oxygen atoms in total. The van der Waals surface area contributed by atoms with Crippen LogP contribution in [0.1, 0.15) is 59.7 Å². The highest BCUT2D eigenvalue weighted by atomic mass is 35.5. The van der Waals surface area contributed by atoms with Crippen molar-refractivity contribution in [2.24, 2.45) is 5.92 Å². The molecule has 0 aromatic heterocycles. The van der Waals surface area contributed by atoms with Crippen molar-refractivity contribution in [1.82, 2.24) is 15.5 Å². The van der Waals surface area contributed by atoms with Crippen molar-refractivity contribution < 1.29 is 19.1 Å². The molecule has 4 rings (SSSR count). The smallest absolute Gasteiger partial charge is 0.256 e. The first kappa shape index (κ1) is 30.7. The van der Waals surface area contributed by atoms with Gasteiger partial charge in [0.15, 0.2) is 0 Å². The zero-order valence-corrected chi connectivity index (χ0v) is 24.7. The molecule has 0 radical (unpaired) electrons. The van der Waals surface area contributed by atoms with Gasteiger partial charge < -0.3 is 20.6 Å². The molecule has 1 aliphatic heterocycles. The van der Waals surface area contributed by atoms with Crippen molar-refractivity contribution in [2.45, 2.75) is 51.7 Å². The van der Waals surface area contributed by atoms with Gasteiger partial charge in [0.05, 0.1) is 11.2 Å². The first-order valence-electron chi connectivity index (χ1n) is 14.2. The van der Waals surface area contributed by atoms with Crippen LogP contribution in [0.25, 0.3) is 11.1 Å². The van der Waals surface area contributed by atoms with E-state index in [2.05, 4.69) is 10.6 Å². The van der Waals surface area contributed by atoms with Crippen LogP contribution in [0.2, 0.25) is 5.02 Å². The van der Waals surface area contributed by atoms with Crippen LogP contribution in [-0.4, -0.2) is 48.5 Å². The molecule has 3 N–H and O–H groups in total. The quantitative estimate of drug-likeness (QED) is 0.264. The Morgan fingerprint density at radius 2 is 1.93 bits per heavy atom. The van der Waals surface area contributed by atoms with Crippen molar-refractivity contribution in [2.75, 3.05) is 26.7 Å². The molecule has 8 heteroatoms. The van der Waals surface area contributed by atoms with E-state index in [0.29, 0.717) is 55.9 Å². The molecule has 2 atom stereocenters. The Balaban J connectivity index is 1.70. The van der Waals surface area contributed by atoms with Gasteiger partial charge in [-0.15, -0.1) is 0 Å². The van der Waals surface area contributed by atoms with Gasteiger partial charge in [-0.3, -0.25) is 9.59 Å². The van der Waals surface area contributed by atoms with Gasteiger partial charge in [-0.25, -0.2) is 4.39 Å². The Morgan fingerprint density at radius 3 is 2.63 bits per heavy atom. The molecular weight excluding hydrogens is 541 g/mol. The maximum Gasteiger partial charge on any atom is 0.256 e. The molecule has 1 fully saturated rings. The van der Waals surface area contributed by atoms with Gasteiger partial charge in [-0.2, -0.15) is 0 Å². The summed E-state index contributed by atoms with van der Waals surface area (Å²) in [4.78, 5) is 26.7. The summed E-state index contributed by atoms with van der Waals surface area (Å²) in [6.45, 7) is 5.15. The number of amides is 2. The minimum atomic E-state index is -1.35. The molecule has 1 aliphatic rings. The number of benzene rings is 3. The number of aliphatic hydroxyl groups is 1. The fraction of sp³-hybridized carbons (Fsp3) is 0.394. The van der Waals surface area contributed by atoms with Crippen molar-refractivity contribution in [3.63, 3.8) is 0 Å². The standard InChI is InChI=1S/C33H39ClFN3O3/c1-22-8-4-9-25(18-22)31-28(11-5-12-29(31)34)33(41,15-7-16-37-23(2)39)26-10-6-17-38(21-26)32(40)27-14-13-24(20-36-3)19-30(27)35/h4-5,8-9,11-14,18-19,26,36,41H,6-7,10,15-17,20-21H2,1-3H3,(H,37,39)/t26-,33+/m1/s1. The molecule has 3 aromatic carbocycles. The molecule has 218 valence electrons. The van der Waals surface area contributed by atoms with Crippen molar-refractivity contribution in [1.29, 1.82) is 0 Å². The molecule has 0 bridgehead atoms. The second-order valence-electron chi connectivity index (χ2n) is 11.0. The van der Waals surface area contributed by atoms with Crippen LogP contribution in [-0.2, 0) is 16.9 Å². The lowest BCUT2D eigenvalue weighted by Crippen LogP contribution is -2.48. The van der Waals surface area contributed by atoms with Gasteiger partial charge >= 0.3 is 0 Å². The highest BCUT2D eigenvalue weighted by Crippen LogP contribution is 2.45. The van der Waals surface area contributed by atoms with Crippen LogP contribution in [0, 0.1) is 18.7 Å². The second kappa shape index (κ2) is 13.6. The molecular formula is C33H39ClFN3O3. The minimum Gasteiger partial charge on any atom is -0.385 e. The summed E-state index contributed by atoms with van der Waals surface area (Å²) in [6.07, 6.45) is 2.24. The minimum absolute atomic E-state index is 0.0305. The van der Waals surface area contributed by atoms with E-state index in [0.717, 1.165) is 22.3 Å². The molecule has 1 heterocycles. The first-order valence-corrected chi connectivity index (χ1v) is 14.6. The number of rotatable bonds is 10. The van der Waals surface area contributed by atoms with Gasteiger partial charge in [0, 0.05) is 49.6 Å². The lowest BCUT2D eigenvalue weighted by atomic mass is 9.72. The highest BCUT2D eigenvalue weighted by molar-refractivity contribution is 6.33. The maximum absolute atomic E-state index is 15.0. The maximum atomic E-state index is 15.0. The van der Waals surface area contributed by atoms with Crippen LogP contribution in [0.5, 0.6) is 0 Å². The monoisotopic (exact) mass is 579 g/mol. The van der Waals surface area contributed by atoms with E-state index in [1.807, 2.05) is 49.4 Å². The Morgan fingerprint density at radius 1 is 1.15 bits per heavy atom. The fourth-order valence-corrected chi connectivity index (χ4v) is 6.21.